The van der Waals surface area contributed by atoms with Crippen molar-refractivity contribution >= 4 is 21.6 Å². The monoisotopic (exact) mass is 235 g/mol. The second-order valence-electron chi connectivity index (χ2n) is 3.82. The zero-order valence-electron chi connectivity index (χ0n) is 9.49. The summed E-state index contributed by atoms with van der Waals surface area (Å²) in [6.45, 7) is 6.65. The van der Waals surface area contributed by atoms with Crippen molar-refractivity contribution in [2.75, 3.05) is 26.2 Å². The number of nitrogens with zero attached hydrogens (tertiary/aromatic N) is 1. The van der Waals surface area contributed by atoms with E-state index in [1.165, 1.54) is 10.3 Å². The van der Waals surface area contributed by atoms with Gasteiger partial charge in [0.15, 0.2) is 0 Å². The van der Waals surface area contributed by atoms with E-state index in [9.17, 15) is 0 Å². The number of benzene rings is 1. The van der Waals surface area contributed by atoms with Gasteiger partial charge < -0.3 is 10.6 Å². The van der Waals surface area contributed by atoms with Gasteiger partial charge in [-0.3, -0.25) is 0 Å². The van der Waals surface area contributed by atoms with Crippen molar-refractivity contribution in [3.63, 3.8) is 0 Å². The van der Waals surface area contributed by atoms with Gasteiger partial charge in [-0.05, 0) is 24.6 Å². The minimum Gasteiger partial charge on any atom is -0.314 e. The van der Waals surface area contributed by atoms with Crippen LogP contribution in [0.4, 0.5) is 0 Å². The standard InChI is InChI=1S/C8H7NS.C4H10N2/c1-6-2-3-7-8(4-6)10-5-9-7;1-2-6-4-3-5-1/h2-5H,1H3;5-6H,1-4H2. The van der Waals surface area contributed by atoms with Crippen molar-refractivity contribution in [1.82, 2.24) is 15.6 Å². The molecule has 1 fully saturated rings. The Morgan fingerprint density at radius 2 is 1.81 bits per heavy atom. The highest BCUT2D eigenvalue weighted by Crippen LogP contribution is 2.17. The quantitative estimate of drug-likeness (QED) is 0.731. The lowest BCUT2D eigenvalue weighted by atomic mass is 10.2. The Labute approximate surface area is 99.9 Å². The summed E-state index contributed by atoms with van der Waals surface area (Å²) in [6.07, 6.45) is 0. The number of hydrogen-bond donors (Lipinski definition) is 2. The van der Waals surface area contributed by atoms with Crippen LogP contribution < -0.4 is 10.6 Å². The molecule has 0 atom stereocenters. The number of aryl methyl sites for hydroxylation is 1. The van der Waals surface area contributed by atoms with Crippen LogP contribution in [0.1, 0.15) is 5.56 Å². The zero-order valence-corrected chi connectivity index (χ0v) is 10.3. The van der Waals surface area contributed by atoms with Gasteiger partial charge in [0, 0.05) is 26.2 Å². The number of fused-ring (bicyclic) bond motifs is 1. The van der Waals surface area contributed by atoms with E-state index in [2.05, 4.69) is 40.7 Å². The zero-order chi connectivity index (χ0) is 11.2. The van der Waals surface area contributed by atoms with Gasteiger partial charge in [-0.2, -0.15) is 0 Å². The molecule has 0 bridgehead atoms. The molecule has 86 valence electrons. The van der Waals surface area contributed by atoms with Crippen LogP contribution in [-0.2, 0) is 0 Å². The van der Waals surface area contributed by atoms with E-state index in [0.717, 1.165) is 31.7 Å². The van der Waals surface area contributed by atoms with Crippen molar-refractivity contribution in [1.29, 1.82) is 0 Å². The van der Waals surface area contributed by atoms with E-state index in [-0.39, 0.29) is 0 Å². The van der Waals surface area contributed by atoms with Crippen molar-refractivity contribution in [3.05, 3.63) is 29.3 Å². The fraction of sp³-hybridized carbons (Fsp3) is 0.417. The lowest BCUT2D eigenvalue weighted by Gasteiger charge is -2.11. The second kappa shape index (κ2) is 5.94. The first-order valence-electron chi connectivity index (χ1n) is 5.57. The number of rotatable bonds is 0. The molecule has 0 saturated carbocycles. The molecule has 1 aliphatic heterocycles. The summed E-state index contributed by atoms with van der Waals surface area (Å²) in [4.78, 5) is 4.18. The second-order valence-corrected chi connectivity index (χ2v) is 4.71. The molecule has 0 amide bonds. The van der Waals surface area contributed by atoms with E-state index in [1.54, 1.807) is 11.3 Å². The maximum absolute atomic E-state index is 4.18. The van der Waals surface area contributed by atoms with Crippen LogP contribution in [0.3, 0.4) is 0 Å². The minimum atomic E-state index is 1.11. The molecule has 0 spiro atoms. The van der Waals surface area contributed by atoms with Crippen molar-refractivity contribution < 1.29 is 0 Å². The van der Waals surface area contributed by atoms with Crippen LogP contribution in [0.2, 0.25) is 0 Å². The smallest absolute Gasteiger partial charge is 0.0812 e. The molecular weight excluding hydrogens is 218 g/mol. The van der Waals surface area contributed by atoms with Crippen molar-refractivity contribution in [2.24, 2.45) is 0 Å². The summed E-state index contributed by atoms with van der Waals surface area (Å²) in [7, 11) is 0. The van der Waals surface area contributed by atoms with Gasteiger partial charge in [-0.15, -0.1) is 11.3 Å². The molecule has 2 heterocycles. The summed E-state index contributed by atoms with van der Waals surface area (Å²) in [5, 5.41) is 6.44. The van der Waals surface area contributed by atoms with Crippen LogP contribution in [-0.4, -0.2) is 31.2 Å². The number of nitrogens with one attached hydrogen (secondary N) is 2. The maximum Gasteiger partial charge on any atom is 0.0812 e. The molecule has 1 saturated heterocycles. The van der Waals surface area contributed by atoms with Gasteiger partial charge in [0.05, 0.1) is 15.7 Å². The average molecular weight is 235 g/mol. The largest absolute Gasteiger partial charge is 0.314 e. The molecule has 1 aromatic heterocycles. The molecule has 2 N–H and O–H groups in total. The topological polar surface area (TPSA) is 37.0 Å². The number of aromatic nitrogens is 1. The first-order chi connectivity index (χ1) is 7.86. The predicted octanol–water partition coefficient (Wildman–Crippen LogP) is 1.78. The molecule has 3 rings (SSSR count). The first-order valence-corrected chi connectivity index (χ1v) is 6.45. The Hall–Kier alpha value is -0.970. The summed E-state index contributed by atoms with van der Waals surface area (Å²) in [5.41, 5.74) is 4.29. The average Bonchev–Trinajstić information content (AvgIpc) is 2.79. The first kappa shape index (κ1) is 11.5. The van der Waals surface area contributed by atoms with Gasteiger partial charge in [0.2, 0.25) is 0 Å². The Bertz CT molecular complexity index is 423. The highest BCUT2D eigenvalue weighted by molar-refractivity contribution is 7.16. The van der Waals surface area contributed by atoms with Crippen LogP contribution in [0.25, 0.3) is 10.2 Å². The Balaban J connectivity index is 0.000000138. The van der Waals surface area contributed by atoms with Gasteiger partial charge in [-0.25, -0.2) is 4.98 Å². The summed E-state index contributed by atoms with van der Waals surface area (Å²) < 4.78 is 1.28. The van der Waals surface area contributed by atoms with Gasteiger partial charge in [0.1, 0.15) is 0 Å². The van der Waals surface area contributed by atoms with E-state index >= 15 is 0 Å². The summed E-state index contributed by atoms with van der Waals surface area (Å²) in [5.74, 6) is 0. The highest BCUT2D eigenvalue weighted by atomic mass is 32.1. The molecule has 1 aliphatic rings. The van der Waals surface area contributed by atoms with Gasteiger partial charge in [0.25, 0.3) is 0 Å². The molecule has 4 heteroatoms. The molecule has 0 radical (unpaired) electrons. The minimum absolute atomic E-state index is 1.11. The van der Waals surface area contributed by atoms with Crippen LogP contribution in [0, 0.1) is 6.92 Å². The summed E-state index contributed by atoms with van der Waals surface area (Å²) >= 11 is 1.69. The third kappa shape index (κ3) is 3.27. The Morgan fingerprint density at radius 3 is 2.44 bits per heavy atom. The van der Waals surface area contributed by atoms with E-state index in [1.807, 2.05) is 5.51 Å². The van der Waals surface area contributed by atoms with Gasteiger partial charge >= 0.3 is 0 Å². The van der Waals surface area contributed by atoms with E-state index in [4.69, 9.17) is 0 Å². The van der Waals surface area contributed by atoms with E-state index < -0.39 is 0 Å². The fourth-order valence-corrected chi connectivity index (χ4v) is 2.34. The molecule has 0 unspecified atom stereocenters. The molecule has 16 heavy (non-hydrogen) atoms. The van der Waals surface area contributed by atoms with E-state index in [0.29, 0.717) is 0 Å². The molecular formula is C12H17N3S. The van der Waals surface area contributed by atoms with Crippen LogP contribution in [0.5, 0.6) is 0 Å². The van der Waals surface area contributed by atoms with Crippen molar-refractivity contribution in [2.45, 2.75) is 6.92 Å². The van der Waals surface area contributed by atoms with Crippen LogP contribution >= 0.6 is 11.3 Å². The third-order valence-electron chi connectivity index (χ3n) is 2.44. The highest BCUT2D eigenvalue weighted by Gasteiger charge is 1.93. The lowest BCUT2D eigenvalue weighted by molar-refractivity contribution is 0.534. The normalized spacial score (nSPS) is 15.6. The maximum atomic E-state index is 4.18. The lowest BCUT2D eigenvalue weighted by Crippen LogP contribution is -2.39. The number of piperazine rings is 1. The Morgan fingerprint density at radius 1 is 1.12 bits per heavy atom. The van der Waals surface area contributed by atoms with Crippen LogP contribution in [0.15, 0.2) is 23.7 Å². The number of thiazole rings is 1. The molecule has 3 nitrogen and oxygen atoms in total. The number of hydrogen-bond acceptors (Lipinski definition) is 4. The Kier molecular flexibility index (Phi) is 4.27. The predicted molar refractivity (Wildman–Crippen MR) is 70.1 cm³/mol. The fourth-order valence-electron chi connectivity index (χ4n) is 1.57. The van der Waals surface area contributed by atoms with Gasteiger partial charge in [-0.1, -0.05) is 6.07 Å². The molecule has 2 aromatic rings. The SMILES string of the molecule is C1CNCCN1.Cc1ccc2ncsc2c1. The summed E-state index contributed by atoms with van der Waals surface area (Å²) in [6, 6.07) is 6.30. The molecule has 1 aromatic carbocycles. The molecule has 0 aliphatic carbocycles. The van der Waals surface area contributed by atoms with Crippen molar-refractivity contribution in [3.8, 4) is 0 Å². The third-order valence-corrected chi connectivity index (χ3v) is 3.24.